The minimum Gasteiger partial charge on any atom is -0.310 e. The summed E-state index contributed by atoms with van der Waals surface area (Å²) in [5.41, 5.74) is 3.90. The van der Waals surface area contributed by atoms with E-state index in [1.165, 1.54) is 16.7 Å². The number of rotatable bonds is 3. The summed E-state index contributed by atoms with van der Waals surface area (Å²) in [5.74, 6) is 0. The van der Waals surface area contributed by atoms with Gasteiger partial charge in [-0.3, -0.25) is 0 Å². The molecule has 1 rings (SSSR count). The molecule has 0 aromatic heterocycles. The second-order valence-corrected chi connectivity index (χ2v) is 4.99. The molecule has 82 valence electrons. The summed E-state index contributed by atoms with van der Waals surface area (Å²) in [6, 6.07) is 6.80. The molecule has 1 aromatic carbocycles. The van der Waals surface area contributed by atoms with Gasteiger partial charge >= 0.3 is 0 Å². The average molecular weight is 268 g/mol. The van der Waals surface area contributed by atoms with Crippen LogP contribution in [-0.2, 0) is 0 Å². The molecule has 0 bridgehead atoms. The Morgan fingerprint density at radius 3 is 2.47 bits per heavy atom. The van der Waals surface area contributed by atoms with Crippen molar-refractivity contribution in [2.75, 3.05) is 7.05 Å². The maximum absolute atomic E-state index is 3.53. The first-order chi connectivity index (χ1) is 7.02. The molecule has 1 atom stereocenters. The molecule has 0 amide bonds. The molecule has 0 aliphatic carbocycles. The third kappa shape index (κ3) is 3.80. The van der Waals surface area contributed by atoms with Crippen LogP contribution in [0.15, 0.2) is 34.3 Å². The van der Waals surface area contributed by atoms with Crippen LogP contribution in [-0.4, -0.2) is 7.05 Å². The van der Waals surface area contributed by atoms with E-state index in [4.69, 9.17) is 0 Å². The van der Waals surface area contributed by atoms with Crippen molar-refractivity contribution in [2.45, 2.75) is 26.8 Å². The van der Waals surface area contributed by atoms with Crippen LogP contribution in [0.4, 0.5) is 0 Å². The Hall–Kier alpha value is -0.600. The maximum atomic E-state index is 3.53. The first-order valence-electron chi connectivity index (χ1n) is 5.12. The standard InChI is InChI=1S/C13H18BrN/c1-9(2)5-13(15-4)11-6-10(3)7-12(14)8-11/h5-8,13,15H,1-4H3. The molecule has 0 heterocycles. The largest absolute Gasteiger partial charge is 0.310 e. The van der Waals surface area contributed by atoms with Gasteiger partial charge in [-0.15, -0.1) is 0 Å². The van der Waals surface area contributed by atoms with Gasteiger partial charge < -0.3 is 5.32 Å². The third-order valence-electron chi connectivity index (χ3n) is 2.23. The highest BCUT2D eigenvalue weighted by Crippen LogP contribution is 2.22. The van der Waals surface area contributed by atoms with Crippen molar-refractivity contribution in [1.82, 2.24) is 5.32 Å². The van der Waals surface area contributed by atoms with Crippen LogP contribution in [0.2, 0.25) is 0 Å². The fraction of sp³-hybridized carbons (Fsp3) is 0.385. The van der Waals surface area contributed by atoms with E-state index in [2.05, 4.69) is 66.3 Å². The van der Waals surface area contributed by atoms with Crippen molar-refractivity contribution in [3.8, 4) is 0 Å². The monoisotopic (exact) mass is 267 g/mol. The molecular formula is C13H18BrN. The summed E-state index contributed by atoms with van der Waals surface area (Å²) in [6.45, 7) is 6.36. The number of nitrogens with one attached hydrogen (secondary N) is 1. The normalized spacial score (nSPS) is 12.3. The molecule has 0 aliphatic rings. The smallest absolute Gasteiger partial charge is 0.0506 e. The number of likely N-dealkylation sites (N-methyl/N-ethyl adjacent to an activating group) is 1. The zero-order chi connectivity index (χ0) is 11.4. The van der Waals surface area contributed by atoms with E-state index in [0.29, 0.717) is 6.04 Å². The van der Waals surface area contributed by atoms with E-state index in [0.717, 1.165) is 4.47 Å². The van der Waals surface area contributed by atoms with Crippen LogP contribution in [0.5, 0.6) is 0 Å². The molecule has 1 unspecified atom stereocenters. The zero-order valence-electron chi connectivity index (χ0n) is 9.76. The van der Waals surface area contributed by atoms with Gasteiger partial charge in [0.15, 0.2) is 0 Å². The Labute approximate surface area is 101 Å². The number of allylic oxidation sites excluding steroid dienone is 1. The Morgan fingerprint density at radius 1 is 1.33 bits per heavy atom. The zero-order valence-corrected chi connectivity index (χ0v) is 11.4. The molecular weight excluding hydrogens is 250 g/mol. The second-order valence-electron chi connectivity index (χ2n) is 4.07. The summed E-state index contributed by atoms with van der Waals surface area (Å²) >= 11 is 3.53. The molecule has 1 N–H and O–H groups in total. The lowest BCUT2D eigenvalue weighted by Crippen LogP contribution is -2.14. The van der Waals surface area contributed by atoms with Crippen LogP contribution >= 0.6 is 15.9 Å². The van der Waals surface area contributed by atoms with Gasteiger partial charge in [-0.2, -0.15) is 0 Å². The van der Waals surface area contributed by atoms with Crippen molar-refractivity contribution in [2.24, 2.45) is 0 Å². The predicted molar refractivity (Wildman–Crippen MR) is 70.1 cm³/mol. The molecule has 2 heteroatoms. The predicted octanol–water partition coefficient (Wildman–Crippen LogP) is 3.98. The summed E-state index contributed by atoms with van der Waals surface area (Å²) in [5, 5.41) is 3.31. The van der Waals surface area contributed by atoms with Crippen molar-refractivity contribution in [3.63, 3.8) is 0 Å². The summed E-state index contributed by atoms with van der Waals surface area (Å²) in [4.78, 5) is 0. The molecule has 0 radical (unpaired) electrons. The maximum Gasteiger partial charge on any atom is 0.0506 e. The molecule has 1 nitrogen and oxygen atoms in total. The van der Waals surface area contributed by atoms with Gasteiger partial charge in [0.25, 0.3) is 0 Å². The number of aryl methyl sites for hydroxylation is 1. The van der Waals surface area contributed by atoms with Gasteiger partial charge in [-0.05, 0) is 51.1 Å². The Morgan fingerprint density at radius 2 is 2.00 bits per heavy atom. The summed E-state index contributed by atoms with van der Waals surface area (Å²) in [6.07, 6.45) is 2.24. The Kier molecular flexibility index (Phi) is 4.55. The third-order valence-corrected chi connectivity index (χ3v) is 2.69. The number of hydrogen-bond acceptors (Lipinski definition) is 1. The molecule has 0 saturated heterocycles. The molecule has 1 aromatic rings. The Bertz CT molecular complexity index is 345. The van der Waals surface area contributed by atoms with Crippen LogP contribution in [0, 0.1) is 6.92 Å². The fourth-order valence-electron chi connectivity index (χ4n) is 1.62. The summed E-state index contributed by atoms with van der Waals surface area (Å²) < 4.78 is 1.14. The minimum atomic E-state index is 0.297. The van der Waals surface area contributed by atoms with Gasteiger partial charge in [0.2, 0.25) is 0 Å². The lowest BCUT2D eigenvalue weighted by molar-refractivity contribution is 0.709. The highest BCUT2D eigenvalue weighted by Gasteiger charge is 2.06. The molecule has 15 heavy (non-hydrogen) atoms. The molecule has 0 saturated carbocycles. The van der Waals surface area contributed by atoms with Crippen molar-refractivity contribution >= 4 is 15.9 Å². The van der Waals surface area contributed by atoms with E-state index < -0.39 is 0 Å². The molecule has 0 spiro atoms. The van der Waals surface area contributed by atoms with Crippen molar-refractivity contribution in [1.29, 1.82) is 0 Å². The fourth-order valence-corrected chi connectivity index (χ4v) is 2.25. The van der Waals surface area contributed by atoms with Crippen LogP contribution in [0.1, 0.15) is 31.0 Å². The van der Waals surface area contributed by atoms with E-state index in [9.17, 15) is 0 Å². The van der Waals surface area contributed by atoms with E-state index >= 15 is 0 Å². The number of benzene rings is 1. The molecule has 0 fully saturated rings. The van der Waals surface area contributed by atoms with Gasteiger partial charge in [-0.1, -0.05) is 33.6 Å². The van der Waals surface area contributed by atoms with Gasteiger partial charge in [0.1, 0.15) is 0 Å². The van der Waals surface area contributed by atoms with Crippen LogP contribution < -0.4 is 5.32 Å². The SMILES string of the molecule is CNC(C=C(C)C)c1cc(C)cc(Br)c1. The van der Waals surface area contributed by atoms with Gasteiger partial charge in [0.05, 0.1) is 6.04 Å². The van der Waals surface area contributed by atoms with Gasteiger partial charge in [-0.25, -0.2) is 0 Å². The Balaban J connectivity index is 3.07. The number of hydrogen-bond donors (Lipinski definition) is 1. The van der Waals surface area contributed by atoms with Crippen molar-refractivity contribution < 1.29 is 0 Å². The van der Waals surface area contributed by atoms with E-state index in [1.54, 1.807) is 0 Å². The first-order valence-corrected chi connectivity index (χ1v) is 5.91. The topological polar surface area (TPSA) is 12.0 Å². The van der Waals surface area contributed by atoms with E-state index in [-0.39, 0.29) is 0 Å². The minimum absolute atomic E-state index is 0.297. The van der Waals surface area contributed by atoms with Crippen LogP contribution in [0.3, 0.4) is 0 Å². The average Bonchev–Trinajstić information content (AvgIpc) is 2.12. The van der Waals surface area contributed by atoms with E-state index in [1.807, 2.05) is 7.05 Å². The highest BCUT2D eigenvalue weighted by molar-refractivity contribution is 9.10. The quantitative estimate of drug-likeness (QED) is 0.817. The lowest BCUT2D eigenvalue weighted by atomic mass is 10.0. The van der Waals surface area contributed by atoms with Gasteiger partial charge in [0, 0.05) is 4.47 Å². The first kappa shape index (κ1) is 12.5. The summed E-state index contributed by atoms with van der Waals surface area (Å²) in [7, 11) is 1.99. The second kappa shape index (κ2) is 5.47. The van der Waals surface area contributed by atoms with Crippen LogP contribution in [0.25, 0.3) is 0 Å². The highest BCUT2D eigenvalue weighted by atomic mass is 79.9. The lowest BCUT2D eigenvalue weighted by Gasteiger charge is -2.14. The number of halogens is 1. The van der Waals surface area contributed by atoms with Crippen molar-refractivity contribution in [3.05, 3.63) is 45.4 Å². The molecule has 0 aliphatic heterocycles.